The van der Waals surface area contributed by atoms with E-state index >= 15 is 4.39 Å². The van der Waals surface area contributed by atoms with E-state index in [1.165, 1.54) is 18.2 Å². The van der Waals surface area contributed by atoms with E-state index in [9.17, 15) is 9.18 Å². The molecule has 0 bridgehead atoms. The summed E-state index contributed by atoms with van der Waals surface area (Å²) in [7, 11) is 0. The number of aromatic nitrogens is 3. The van der Waals surface area contributed by atoms with Gasteiger partial charge in [0.2, 0.25) is 0 Å². The van der Waals surface area contributed by atoms with Crippen LogP contribution in [-0.4, -0.2) is 26.3 Å². The van der Waals surface area contributed by atoms with E-state index in [0.717, 1.165) is 0 Å². The summed E-state index contributed by atoms with van der Waals surface area (Å²) in [5, 5.41) is 2.93. The molecule has 0 saturated heterocycles. The first-order chi connectivity index (χ1) is 19.0. The van der Waals surface area contributed by atoms with E-state index in [0.29, 0.717) is 33.6 Å². The molecule has 3 aromatic carbocycles. The Labute approximate surface area is 223 Å². The number of amidine groups is 1. The van der Waals surface area contributed by atoms with Crippen molar-refractivity contribution in [1.29, 1.82) is 0 Å². The van der Waals surface area contributed by atoms with E-state index in [2.05, 4.69) is 20.3 Å². The molecular weight excluding hydrogens is 498 g/mol. The molecule has 0 aliphatic carbocycles. The first-order valence-corrected chi connectivity index (χ1v) is 12.1. The van der Waals surface area contributed by atoms with Gasteiger partial charge in [0, 0.05) is 36.3 Å². The second-order valence-corrected chi connectivity index (χ2v) is 8.79. The molecule has 0 aliphatic rings. The van der Waals surface area contributed by atoms with Gasteiger partial charge in [0.15, 0.2) is 0 Å². The Morgan fingerprint density at radius 1 is 0.949 bits per heavy atom. The first kappa shape index (κ1) is 25.5. The average molecular weight is 523 g/mol. The topological polar surface area (TPSA) is 98.2 Å². The second kappa shape index (κ2) is 11.5. The average Bonchev–Trinajstić information content (AvgIpc) is 3.47. The molecule has 0 fully saturated rings. The number of carbonyl (C=O) groups is 1. The Balaban J connectivity index is 1.36. The van der Waals surface area contributed by atoms with Crippen LogP contribution in [0.25, 0.3) is 11.1 Å². The molecule has 39 heavy (non-hydrogen) atoms. The molecule has 3 N–H and O–H groups in total. The van der Waals surface area contributed by atoms with Gasteiger partial charge in [0.05, 0.1) is 18.1 Å². The fraction of sp³-hybridized carbons (Fsp3) is 0.0667. The molecule has 0 spiro atoms. The van der Waals surface area contributed by atoms with Gasteiger partial charge in [-0.3, -0.25) is 9.78 Å². The van der Waals surface area contributed by atoms with Crippen LogP contribution in [0, 0.1) is 11.6 Å². The van der Waals surface area contributed by atoms with Gasteiger partial charge in [0.1, 0.15) is 23.2 Å². The standard InChI is InChI=1S/C30H24F2N6O/c31-23-9-4-20(5-10-23)22-8-13-25(26(32)17-22)28(18-38-16-15-34-19-38)37-30(39)21-6-11-24(12-7-21)36-29(33)27-3-1-2-14-35-27/h1-17,19,28H,18H2,(H2,33,36)(H,37,39). The Morgan fingerprint density at radius 2 is 1.72 bits per heavy atom. The van der Waals surface area contributed by atoms with Crippen LogP contribution in [0.3, 0.4) is 0 Å². The minimum absolute atomic E-state index is 0.257. The van der Waals surface area contributed by atoms with Crippen LogP contribution in [0.4, 0.5) is 14.5 Å². The fourth-order valence-corrected chi connectivity index (χ4v) is 4.10. The predicted molar refractivity (Wildman–Crippen MR) is 145 cm³/mol. The molecule has 194 valence electrons. The van der Waals surface area contributed by atoms with Crippen LogP contribution < -0.4 is 11.1 Å². The number of benzene rings is 3. The molecule has 0 radical (unpaired) electrons. The van der Waals surface area contributed by atoms with Gasteiger partial charge in [0.25, 0.3) is 5.91 Å². The molecule has 0 saturated carbocycles. The zero-order chi connectivity index (χ0) is 27.2. The Kier molecular flexibility index (Phi) is 7.49. The van der Waals surface area contributed by atoms with Gasteiger partial charge in [-0.1, -0.05) is 30.3 Å². The van der Waals surface area contributed by atoms with Crippen LogP contribution in [-0.2, 0) is 6.54 Å². The lowest BCUT2D eigenvalue weighted by atomic mass is 9.99. The lowest BCUT2D eigenvalue weighted by Gasteiger charge is -2.21. The number of carbonyl (C=O) groups excluding carboxylic acids is 1. The number of hydrogen-bond acceptors (Lipinski definition) is 4. The zero-order valence-corrected chi connectivity index (χ0v) is 20.7. The highest BCUT2D eigenvalue weighted by Crippen LogP contribution is 2.27. The summed E-state index contributed by atoms with van der Waals surface area (Å²) in [6, 6.07) is 21.9. The summed E-state index contributed by atoms with van der Waals surface area (Å²) < 4.78 is 30.4. The summed E-state index contributed by atoms with van der Waals surface area (Å²) >= 11 is 0. The molecule has 5 rings (SSSR count). The predicted octanol–water partition coefficient (Wildman–Crippen LogP) is 5.43. The number of hydrogen-bond donors (Lipinski definition) is 2. The van der Waals surface area contributed by atoms with E-state index < -0.39 is 11.9 Å². The highest BCUT2D eigenvalue weighted by molar-refractivity contribution is 5.98. The third kappa shape index (κ3) is 6.22. The third-order valence-corrected chi connectivity index (χ3v) is 6.12. The summed E-state index contributed by atoms with van der Waals surface area (Å²) in [6.07, 6.45) is 6.58. The molecule has 1 atom stereocenters. The smallest absolute Gasteiger partial charge is 0.251 e. The molecule has 5 aromatic rings. The van der Waals surface area contributed by atoms with E-state index in [-0.39, 0.29) is 24.1 Å². The number of nitrogens with two attached hydrogens (primary N) is 1. The number of imidazole rings is 1. The van der Waals surface area contributed by atoms with Gasteiger partial charge in [-0.15, -0.1) is 0 Å². The zero-order valence-electron chi connectivity index (χ0n) is 20.7. The first-order valence-electron chi connectivity index (χ1n) is 12.1. The highest BCUT2D eigenvalue weighted by atomic mass is 19.1. The maximum absolute atomic E-state index is 15.4. The SMILES string of the molecule is NC(=Nc1ccc(C(=O)NC(Cn2ccnc2)c2ccc(-c3ccc(F)cc3)cc2F)cc1)c1ccccn1. The quantitative estimate of drug-likeness (QED) is 0.210. The van der Waals surface area contributed by atoms with Crippen molar-refractivity contribution in [1.82, 2.24) is 19.9 Å². The van der Waals surface area contributed by atoms with Crippen LogP contribution in [0.2, 0.25) is 0 Å². The Morgan fingerprint density at radius 3 is 2.38 bits per heavy atom. The highest BCUT2D eigenvalue weighted by Gasteiger charge is 2.20. The van der Waals surface area contributed by atoms with E-state index in [1.54, 1.807) is 90.1 Å². The Hall–Kier alpha value is -5.18. The number of halogens is 2. The van der Waals surface area contributed by atoms with E-state index in [4.69, 9.17) is 5.73 Å². The van der Waals surface area contributed by atoms with Crippen molar-refractivity contribution in [3.8, 4) is 11.1 Å². The minimum Gasteiger partial charge on any atom is -0.382 e. The van der Waals surface area contributed by atoms with Crippen molar-refractivity contribution in [2.24, 2.45) is 10.7 Å². The largest absolute Gasteiger partial charge is 0.382 e. The molecule has 1 unspecified atom stereocenters. The Bertz CT molecular complexity index is 1590. The van der Waals surface area contributed by atoms with Crippen molar-refractivity contribution < 1.29 is 13.6 Å². The molecule has 1 amide bonds. The molecule has 7 nitrogen and oxygen atoms in total. The van der Waals surface area contributed by atoms with Gasteiger partial charge < -0.3 is 15.6 Å². The fourth-order valence-electron chi connectivity index (χ4n) is 4.10. The summed E-state index contributed by atoms with van der Waals surface area (Å²) in [6.45, 7) is 0.265. The minimum atomic E-state index is -0.688. The molecule has 2 heterocycles. The lowest BCUT2D eigenvalue weighted by molar-refractivity contribution is 0.0932. The van der Waals surface area contributed by atoms with Crippen molar-refractivity contribution >= 4 is 17.4 Å². The number of rotatable bonds is 8. The van der Waals surface area contributed by atoms with E-state index in [1.807, 2.05) is 6.07 Å². The lowest BCUT2D eigenvalue weighted by Crippen LogP contribution is -2.32. The van der Waals surface area contributed by atoms with Crippen molar-refractivity contribution in [2.45, 2.75) is 12.6 Å². The van der Waals surface area contributed by atoms with Crippen LogP contribution in [0.5, 0.6) is 0 Å². The third-order valence-electron chi connectivity index (χ3n) is 6.12. The van der Waals surface area contributed by atoms with Crippen molar-refractivity contribution in [3.05, 3.63) is 138 Å². The summed E-state index contributed by atoms with van der Waals surface area (Å²) in [5.41, 5.74) is 9.13. The van der Waals surface area contributed by atoms with Crippen LogP contribution in [0.1, 0.15) is 27.7 Å². The molecule has 0 aliphatic heterocycles. The summed E-state index contributed by atoms with van der Waals surface area (Å²) in [5.74, 6) is -0.976. The molecule has 9 heteroatoms. The maximum Gasteiger partial charge on any atom is 0.251 e. The number of nitrogens with one attached hydrogen (secondary N) is 1. The monoisotopic (exact) mass is 522 g/mol. The number of amides is 1. The second-order valence-electron chi connectivity index (χ2n) is 8.79. The van der Waals surface area contributed by atoms with Crippen molar-refractivity contribution in [3.63, 3.8) is 0 Å². The van der Waals surface area contributed by atoms with Gasteiger partial charge in [-0.05, 0) is 65.7 Å². The van der Waals surface area contributed by atoms with Crippen LogP contribution >= 0.6 is 0 Å². The number of nitrogens with zero attached hydrogens (tertiary/aromatic N) is 4. The van der Waals surface area contributed by atoms with Gasteiger partial charge in [-0.2, -0.15) is 0 Å². The van der Waals surface area contributed by atoms with Crippen molar-refractivity contribution in [2.75, 3.05) is 0 Å². The molecule has 2 aromatic heterocycles. The maximum atomic E-state index is 15.4. The number of aliphatic imine (C=N–C) groups is 1. The van der Waals surface area contributed by atoms with Gasteiger partial charge in [-0.25, -0.2) is 18.8 Å². The molecular formula is C30H24F2N6O. The van der Waals surface area contributed by atoms with Crippen LogP contribution in [0.15, 0.2) is 115 Å². The summed E-state index contributed by atoms with van der Waals surface area (Å²) in [4.78, 5) is 25.8. The normalized spacial score (nSPS) is 12.2. The van der Waals surface area contributed by atoms with Gasteiger partial charge >= 0.3 is 0 Å². The number of pyridine rings is 1.